The first kappa shape index (κ1) is 20.5. The molecule has 152 valence electrons. The van der Waals surface area contributed by atoms with Gasteiger partial charge in [-0.05, 0) is 43.7 Å². The number of anilines is 1. The van der Waals surface area contributed by atoms with E-state index in [-0.39, 0.29) is 18.5 Å². The normalized spacial score (nSPS) is 19.9. The summed E-state index contributed by atoms with van der Waals surface area (Å²) < 4.78 is 5.07. The average Bonchev–Trinajstić information content (AvgIpc) is 3.16. The number of carbonyl (C=O) groups excluding carboxylic acids is 3. The third-order valence-electron chi connectivity index (χ3n) is 4.92. The summed E-state index contributed by atoms with van der Waals surface area (Å²) in [5.41, 5.74) is 0.559. The molecule has 9 heteroatoms. The highest BCUT2D eigenvalue weighted by Crippen LogP contribution is 2.21. The van der Waals surface area contributed by atoms with Gasteiger partial charge in [0.15, 0.2) is 0 Å². The summed E-state index contributed by atoms with van der Waals surface area (Å²) in [7, 11) is 1.56. The highest BCUT2D eigenvalue weighted by molar-refractivity contribution is 7.99. The van der Waals surface area contributed by atoms with E-state index in [1.165, 1.54) is 0 Å². The fourth-order valence-electron chi connectivity index (χ4n) is 3.48. The predicted octanol–water partition coefficient (Wildman–Crippen LogP) is 1.38. The van der Waals surface area contributed by atoms with Crippen LogP contribution in [0.2, 0.25) is 0 Å². The lowest BCUT2D eigenvalue weighted by atomic mass is 10.2. The zero-order chi connectivity index (χ0) is 19.9. The van der Waals surface area contributed by atoms with Crippen molar-refractivity contribution in [3.63, 3.8) is 0 Å². The Morgan fingerprint density at radius 1 is 1.14 bits per heavy atom. The van der Waals surface area contributed by atoms with Crippen LogP contribution in [0.3, 0.4) is 0 Å². The van der Waals surface area contributed by atoms with E-state index in [1.54, 1.807) is 31.4 Å². The van der Waals surface area contributed by atoms with Gasteiger partial charge < -0.3 is 15.0 Å². The number of carbonyl (C=O) groups is 3. The van der Waals surface area contributed by atoms with Crippen molar-refractivity contribution >= 4 is 35.3 Å². The summed E-state index contributed by atoms with van der Waals surface area (Å²) in [4.78, 5) is 40.9. The molecule has 2 saturated heterocycles. The van der Waals surface area contributed by atoms with Crippen LogP contribution in [-0.4, -0.2) is 78.5 Å². The van der Waals surface area contributed by atoms with Crippen LogP contribution in [0.1, 0.15) is 12.8 Å². The molecule has 2 fully saturated rings. The fourth-order valence-corrected chi connectivity index (χ4v) is 4.38. The van der Waals surface area contributed by atoms with Gasteiger partial charge in [0.25, 0.3) is 0 Å². The second-order valence-electron chi connectivity index (χ2n) is 6.80. The Labute approximate surface area is 169 Å². The minimum absolute atomic E-state index is 0.0367. The molecule has 2 aliphatic rings. The maximum atomic E-state index is 12.8. The molecule has 8 nitrogen and oxygen atoms in total. The highest BCUT2D eigenvalue weighted by Gasteiger charge is 2.35. The first-order chi connectivity index (χ1) is 13.6. The summed E-state index contributed by atoms with van der Waals surface area (Å²) in [5, 5.41) is 4.95. The molecule has 2 N–H and O–H groups in total. The third kappa shape index (κ3) is 5.39. The van der Waals surface area contributed by atoms with Gasteiger partial charge in [0.2, 0.25) is 11.8 Å². The van der Waals surface area contributed by atoms with Crippen LogP contribution >= 0.6 is 11.8 Å². The molecule has 2 heterocycles. The van der Waals surface area contributed by atoms with Crippen LogP contribution in [0, 0.1) is 0 Å². The van der Waals surface area contributed by atoms with E-state index >= 15 is 0 Å². The van der Waals surface area contributed by atoms with E-state index in [0.29, 0.717) is 18.0 Å². The van der Waals surface area contributed by atoms with Crippen LogP contribution in [0.4, 0.5) is 10.5 Å². The molecule has 0 radical (unpaired) electrons. The topological polar surface area (TPSA) is 91.0 Å². The van der Waals surface area contributed by atoms with E-state index in [9.17, 15) is 14.4 Å². The number of amides is 4. The second kappa shape index (κ2) is 9.79. The van der Waals surface area contributed by atoms with Gasteiger partial charge in [0.05, 0.1) is 19.7 Å². The number of thioether (sulfide) groups is 1. The minimum Gasteiger partial charge on any atom is -0.497 e. The number of ether oxygens (including phenoxy) is 1. The Kier molecular flexibility index (Phi) is 7.16. The number of likely N-dealkylation sites (tertiary alicyclic amines) is 1. The number of nitrogens with one attached hydrogen (secondary N) is 2. The van der Waals surface area contributed by atoms with Crippen molar-refractivity contribution in [1.82, 2.24) is 15.1 Å². The van der Waals surface area contributed by atoms with Gasteiger partial charge in [-0.15, -0.1) is 0 Å². The Morgan fingerprint density at radius 2 is 1.86 bits per heavy atom. The Bertz CT molecular complexity index is 706. The molecule has 0 aromatic heterocycles. The summed E-state index contributed by atoms with van der Waals surface area (Å²) in [5.74, 6) is 2.29. The fraction of sp³-hybridized carbons (Fsp3) is 0.526. The van der Waals surface area contributed by atoms with E-state index in [4.69, 9.17) is 4.74 Å². The van der Waals surface area contributed by atoms with Gasteiger partial charge in [-0.1, -0.05) is 0 Å². The van der Waals surface area contributed by atoms with E-state index in [0.717, 1.165) is 37.4 Å². The van der Waals surface area contributed by atoms with Crippen LogP contribution < -0.4 is 15.4 Å². The highest BCUT2D eigenvalue weighted by atomic mass is 32.2. The van der Waals surface area contributed by atoms with Crippen molar-refractivity contribution in [2.75, 3.05) is 50.1 Å². The van der Waals surface area contributed by atoms with Gasteiger partial charge in [0, 0.05) is 30.3 Å². The molecular weight excluding hydrogens is 380 g/mol. The molecule has 1 aromatic rings. The number of imide groups is 1. The van der Waals surface area contributed by atoms with Crippen LogP contribution in [0.25, 0.3) is 0 Å². The SMILES string of the molecule is COc1ccc(NC(=O)NC(=O)CN2CCCC2C(=O)N2CCSCC2)cc1. The predicted molar refractivity (Wildman–Crippen MR) is 109 cm³/mol. The monoisotopic (exact) mass is 406 g/mol. The molecular formula is C19H26N4O4S. The van der Waals surface area contributed by atoms with Crippen molar-refractivity contribution in [1.29, 1.82) is 0 Å². The average molecular weight is 407 g/mol. The van der Waals surface area contributed by atoms with Gasteiger partial charge in [0.1, 0.15) is 5.75 Å². The largest absolute Gasteiger partial charge is 0.497 e. The van der Waals surface area contributed by atoms with Crippen LogP contribution in [0.5, 0.6) is 5.75 Å². The standard InChI is InChI=1S/C19H26N4O4S/c1-27-15-6-4-14(5-7-15)20-19(26)21-17(24)13-23-8-2-3-16(23)18(25)22-9-11-28-12-10-22/h4-7,16H,2-3,8-13H2,1H3,(H2,20,21,24,26). The first-order valence-electron chi connectivity index (χ1n) is 9.42. The smallest absolute Gasteiger partial charge is 0.325 e. The number of hydrogen-bond acceptors (Lipinski definition) is 6. The summed E-state index contributed by atoms with van der Waals surface area (Å²) >= 11 is 1.86. The van der Waals surface area contributed by atoms with Crippen molar-refractivity contribution in [2.45, 2.75) is 18.9 Å². The van der Waals surface area contributed by atoms with Crippen molar-refractivity contribution < 1.29 is 19.1 Å². The van der Waals surface area contributed by atoms with Gasteiger partial charge in [-0.3, -0.25) is 19.8 Å². The quantitative estimate of drug-likeness (QED) is 0.768. The van der Waals surface area contributed by atoms with Crippen molar-refractivity contribution in [3.8, 4) is 5.75 Å². The number of methoxy groups -OCH3 is 1. The van der Waals surface area contributed by atoms with E-state index in [2.05, 4.69) is 10.6 Å². The Morgan fingerprint density at radius 3 is 2.54 bits per heavy atom. The molecule has 0 saturated carbocycles. The molecule has 1 atom stereocenters. The minimum atomic E-state index is -0.592. The number of nitrogens with zero attached hydrogens (tertiary/aromatic N) is 2. The molecule has 4 amide bonds. The van der Waals surface area contributed by atoms with Gasteiger partial charge >= 0.3 is 6.03 Å². The molecule has 0 spiro atoms. The lowest BCUT2D eigenvalue weighted by Crippen LogP contribution is -2.51. The lowest BCUT2D eigenvalue weighted by molar-refractivity contribution is -0.136. The van der Waals surface area contributed by atoms with Crippen molar-refractivity contribution in [3.05, 3.63) is 24.3 Å². The van der Waals surface area contributed by atoms with Gasteiger partial charge in [-0.2, -0.15) is 11.8 Å². The molecule has 2 aliphatic heterocycles. The molecule has 0 bridgehead atoms. The summed E-state index contributed by atoms with van der Waals surface area (Å²) in [6.45, 7) is 2.26. The zero-order valence-corrected chi connectivity index (χ0v) is 16.8. The third-order valence-corrected chi connectivity index (χ3v) is 5.86. The van der Waals surface area contributed by atoms with Crippen LogP contribution in [-0.2, 0) is 9.59 Å². The number of urea groups is 1. The maximum Gasteiger partial charge on any atom is 0.325 e. The number of hydrogen-bond donors (Lipinski definition) is 2. The molecule has 0 aliphatic carbocycles. The zero-order valence-electron chi connectivity index (χ0n) is 16.0. The van der Waals surface area contributed by atoms with Crippen molar-refractivity contribution in [2.24, 2.45) is 0 Å². The summed E-state index contributed by atoms with van der Waals surface area (Å²) in [6.07, 6.45) is 1.64. The summed E-state index contributed by atoms with van der Waals surface area (Å²) in [6, 6.07) is 5.96. The number of rotatable bonds is 5. The Hall–Kier alpha value is -2.26. The molecule has 1 aromatic carbocycles. The van der Waals surface area contributed by atoms with Gasteiger partial charge in [-0.25, -0.2) is 4.79 Å². The molecule has 28 heavy (non-hydrogen) atoms. The first-order valence-corrected chi connectivity index (χ1v) is 10.6. The Balaban J connectivity index is 1.48. The second-order valence-corrected chi connectivity index (χ2v) is 8.02. The van der Waals surface area contributed by atoms with E-state index < -0.39 is 11.9 Å². The molecule has 1 unspecified atom stereocenters. The lowest BCUT2D eigenvalue weighted by Gasteiger charge is -2.32. The molecule has 3 rings (SSSR count). The van der Waals surface area contributed by atoms with E-state index in [1.807, 2.05) is 21.6 Å². The maximum absolute atomic E-state index is 12.8. The van der Waals surface area contributed by atoms with Crippen LogP contribution in [0.15, 0.2) is 24.3 Å². The number of benzene rings is 1.